The van der Waals surface area contributed by atoms with Crippen molar-refractivity contribution in [2.75, 3.05) is 19.6 Å². The van der Waals surface area contributed by atoms with Crippen LogP contribution in [0.3, 0.4) is 0 Å². The van der Waals surface area contributed by atoms with Crippen molar-refractivity contribution in [3.8, 4) is 0 Å². The smallest absolute Gasteiger partial charge is 0.0923 e. The first-order valence-electron chi connectivity index (χ1n) is 10.1. The average Bonchev–Trinajstić information content (AvgIpc) is 2.69. The average molecular weight is 384 g/mol. The van der Waals surface area contributed by atoms with E-state index in [0.717, 1.165) is 34.8 Å². The molecule has 0 amide bonds. The van der Waals surface area contributed by atoms with E-state index in [1.807, 2.05) is 12.1 Å². The highest BCUT2D eigenvalue weighted by Gasteiger charge is 2.17. The van der Waals surface area contributed by atoms with Gasteiger partial charge in [0.05, 0.1) is 6.10 Å². The second-order valence-electron chi connectivity index (χ2n) is 7.40. The summed E-state index contributed by atoms with van der Waals surface area (Å²) in [6.45, 7) is 7.18. The second-order valence-corrected chi connectivity index (χ2v) is 7.84. The van der Waals surface area contributed by atoms with Crippen LogP contribution in [-0.4, -0.2) is 29.6 Å². The van der Waals surface area contributed by atoms with E-state index in [9.17, 15) is 5.11 Å². The van der Waals surface area contributed by atoms with Gasteiger partial charge in [0.15, 0.2) is 0 Å². The Hall–Kier alpha value is -1.61. The maximum Gasteiger partial charge on any atom is 0.0923 e. The molecule has 0 radical (unpaired) electrons. The Labute approximate surface area is 167 Å². The first kappa shape index (κ1) is 20.1. The number of nitrogens with zero attached hydrogens (tertiary/aromatic N) is 1. The van der Waals surface area contributed by atoms with E-state index in [1.165, 1.54) is 31.1 Å². The van der Waals surface area contributed by atoms with Crippen LogP contribution >= 0.6 is 11.6 Å². The Morgan fingerprint density at radius 2 is 1.59 bits per heavy atom. The molecule has 0 heterocycles. The fourth-order valence-corrected chi connectivity index (χ4v) is 3.95. The fourth-order valence-electron chi connectivity index (χ4n) is 3.78. The van der Waals surface area contributed by atoms with Crippen molar-refractivity contribution in [1.82, 2.24) is 4.90 Å². The molecule has 3 rings (SSSR count). The summed E-state index contributed by atoms with van der Waals surface area (Å²) in [5.74, 6) is 0. The molecule has 3 heteroatoms. The lowest BCUT2D eigenvalue weighted by Gasteiger charge is -2.26. The molecule has 1 unspecified atom stereocenters. The van der Waals surface area contributed by atoms with Gasteiger partial charge in [0.2, 0.25) is 0 Å². The third-order valence-electron chi connectivity index (χ3n) is 5.30. The molecule has 2 nitrogen and oxygen atoms in total. The van der Waals surface area contributed by atoms with Gasteiger partial charge >= 0.3 is 0 Å². The summed E-state index contributed by atoms with van der Waals surface area (Å²) in [5, 5.41) is 16.4. The molecule has 0 spiro atoms. The SMILES string of the molecule is CCCCN(CCCC)CC(O)c1cc2ccccc2c2ccc(Cl)cc12. The molecular formula is C24H30ClNO. The number of fused-ring (bicyclic) bond motifs is 3. The minimum absolute atomic E-state index is 0.524. The molecule has 0 aromatic heterocycles. The van der Waals surface area contributed by atoms with Gasteiger partial charge in [-0.25, -0.2) is 0 Å². The number of halogens is 1. The first-order valence-corrected chi connectivity index (χ1v) is 10.5. The molecular weight excluding hydrogens is 354 g/mol. The number of hydrogen-bond acceptors (Lipinski definition) is 2. The first-order chi connectivity index (χ1) is 13.1. The van der Waals surface area contributed by atoms with Crippen molar-refractivity contribution >= 4 is 33.1 Å². The third-order valence-corrected chi connectivity index (χ3v) is 5.54. The molecule has 27 heavy (non-hydrogen) atoms. The zero-order valence-corrected chi connectivity index (χ0v) is 17.2. The maximum absolute atomic E-state index is 11.2. The summed E-state index contributed by atoms with van der Waals surface area (Å²) in [5.41, 5.74) is 0.976. The van der Waals surface area contributed by atoms with Crippen LogP contribution in [0.15, 0.2) is 48.5 Å². The number of hydrogen-bond donors (Lipinski definition) is 1. The van der Waals surface area contributed by atoms with Crippen molar-refractivity contribution in [3.05, 3.63) is 59.1 Å². The van der Waals surface area contributed by atoms with E-state index < -0.39 is 6.10 Å². The lowest BCUT2D eigenvalue weighted by molar-refractivity contribution is 0.112. The van der Waals surface area contributed by atoms with E-state index in [2.05, 4.69) is 55.1 Å². The van der Waals surface area contributed by atoms with E-state index in [4.69, 9.17) is 11.6 Å². The minimum Gasteiger partial charge on any atom is -0.387 e. The summed E-state index contributed by atoms with van der Waals surface area (Å²) >= 11 is 6.30. The van der Waals surface area contributed by atoms with Gasteiger partial charge in [-0.1, -0.05) is 68.6 Å². The predicted molar refractivity (Wildman–Crippen MR) is 118 cm³/mol. The number of rotatable bonds is 9. The summed E-state index contributed by atoms with van der Waals surface area (Å²) in [6, 6.07) is 16.5. The Bertz CT molecular complexity index is 884. The highest BCUT2D eigenvalue weighted by atomic mass is 35.5. The fraction of sp³-hybridized carbons (Fsp3) is 0.417. The molecule has 1 N–H and O–H groups in total. The van der Waals surface area contributed by atoms with Gasteiger partial charge in [0.1, 0.15) is 0 Å². The lowest BCUT2D eigenvalue weighted by Crippen LogP contribution is -2.30. The topological polar surface area (TPSA) is 23.5 Å². The number of aliphatic hydroxyl groups is 1. The molecule has 3 aromatic carbocycles. The van der Waals surface area contributed by atoms with Crippen molar-refractivity contribution in [2.24, 2.45) is 0 Å². The highest BCUT2D eigenvalue weighted by Crippen LogP contribution is 2.34. The summed E-state index contributed by atoms with van der Waals surface area (Å²) < 4.78 is 0. The van der Waals surface area contributed by atoms with E-state index in [-0.39, 0.29) is 0 Å². The van der Waals surface area contributed by atoms with Gasteiger partial charge in [-0.05, 0) is 71.2 Å². The lowest BCUT2D eigenvalue weighted by atomic mass is 9.94. The van der Waals surface area contributed by atoms with Crippen LogP contribution in [0.25, 0.3) is 21.5 Å². The van der Waals surface area contributed by atoms with Crippen LogP contribution in [0, 0.1) is 0 Å². The third kappa shape index (κ3) is 4.82. The van der Waals surface area contributed by atoms with Gasteiger partial charge in [0.25, 0.3) is 0 Å². The van der Waals surface area contributed by atoms with Crippen molar-refractivity contribution < 1.29 is 5.11 Å². The Kier molecular flexibility index (Phi) is 7.12. The van der Waals surface area contributed by atoms with Crippen molar-refractivity contribution in [3.63, 3.8) is 0 Å². The van der Waals surface area contributed by atoms with Gasteiger partial charge in [-0.2, -0.15) is 0 Å². The second kappa shape index (κ2) is 9.54. The van der Waals surface area contributed by atoms with E-state index in [0.29, 0.717) is 11.6 Å². The van der Waals surface area contributed by atoms with Crippen LogP contribution in [0.2, 0.25) is 5.02 Å². The van der Waals surface area contributed by atoms with Gasteiger partial charge < -0.3 is 10.0 Å². The molecule has 0 aliphatic heterocycles. The molecule has 0 aliphatic carbocycles. The van der Waals surface area contributed by atoms with Gasteiger partial charge in [-0.15, -0.1) is 0 Å². The largest absolute Gasteiger partial charge is 0.387 e. The van der Waals surface area contributed by atoms with Gasteiger partial charge in [-0.3, -0.25) is 0 Å². The Balaban J connectivity index is 1.98. The molecule has 0 bridgehead atoms. The van der Waals surface area contributed by atoms with Crippen LogP contribution in [0.5, 0.6) is 0 Å². The normalized spacial score (nSPS) is 12.9. The highest BCUT2D eigenvalue weighted by molar-refractivity contribution is 6.31. The number of unbranched alkanes of at least 4 members (excludes halogenated alkanes) is 2. The number of aliphatic hydroxyl groups excluding tert-OH is 1. The Morgan fingerprint density at radius 3 is 2.30 bits per heavy atom. The zero-order chi connectivity index (χ0) is 19.2. The standard InChI is InChI=1S/C24H30ClNO/c1-3-5-13-26(14-6-4-2)17-24(27)23-15-18-9-7-8-10-20(18)21-12-11-19(25)16-22(21)23/h7-12,15-16,24,27H,3-6,13-14,17H2,1-2H3. The molecule has 144 valence electrons. The summed E-state index contributed by atoms with van der Waals surface area (Å²) in [7, 11) is 0. The molecule has 0 saturated carbocycles. The maximum atomic E-state index is 11.2. The summed E-state index contributed by atoms with van der Waals surface area (Å²) in [6.07, 6.45) is 4.16. The minimum atomic E-state index is -0.524. The Morgan fingerprint density at radius 1 is 0.889 bits per heavy atom. The van der Waals surface area contributed by atoms with Crippen LogP contribution in [0.1, 0.15) is 51.2 Å². The van der Waals surface area contributed by atoms with E-state index in [1.54, 1.807) is 0 Å². The molecule has 0 fully saturated rings. The van der Waals surface area contributed by atoms with Crippen LogP contribution < -0.4 is 0 Å². The van der Waals surface area contributed by atoms with Crippen LogP contribution in [0.4, 0.5) is 0 Å². The zero-order valence-electron chi connectivity index (χ0n) is 16.4. The molecule has 3 aromatic rings. The predicted octanol–water partition coefficient (Wildman–Crippen LogP) is 6.58. The monoisotopic (exact) mass is 383 g/mol. The van der Waals surface area contributed by atoms with Crippen LogP contribution in [-0.2, 0) is 0 Å². The number of benzene rings is 3. The van der Waals surface area contributed by atoms with Gasteiger partial charge in [0, 0.05) is 11.6 Å². The molecule has 1 atom stereocenters. The molecule has 0 aliphatic rings. The van der Waals surface area contributed by atoms with Crippen molar-refractivity contribution in [1.29, 1.82) is 0 Å². The molecule has 0 saturated heterocycles. The quantitative estimate of drug-likeness (QED) is 0.421. The van der Waals surface area contributed by atoms with E-state index >= 15 is 0 Å². The summed E-state index contributed by atoms with van der Waals surface area (Å²) in [4.78, 5) is 2.41. The van der Waals surface area contributed by atoms with Crippen molar-refractivity contribution in [2.45, 2.75) is 45.6 Å².